The van der Waals surface area contributed by atoms with Gasteiger partial charge in [0.2, 0.25) is 17.7 Å². The highest BCUT2D eigenvalue weighted by Crippen LogP contribution is 2.43. The van der Waals surface area contributed by atoms with E-state index in [1.807, 2.05) is 43.9 Å². The van der Waals surface area contributed by atoms with E-state index < -0.39 is 11.5 Å². The minimum absolute atomic E-state index is 0.226. The number of nitrogens with one attached hydrogen (secondary N) is 1. The molecule has 2 aromatic rings. The molecule has 5 rings (SSSR count). The third-order valence-corrected chi connectivity index (χ3v) is 6.82. The summed E-state index contributed by atoms with van der Waals surface area (Å²) in [5.74, 6) is -0.763. The summed E-state index contributed by atoms with van der Waals surface area (Å²) >= 11 is 0. The average Bonchev–Trinajstić information content (AvgIpc) is 3.13. The molecule has 3 aliphatic rings. The average molecular weight is 455 g/mol. The SMILES string of the molecule is CC(C)(C)OC(=O)N1CCC2(CC1)CN(c1ccc3nc([C@H]4CCC(=O)NC4=O)oc3c1)C2. The molecule has 0 bridgehead atoms. The summed E-state index contributed by atoms with van der Waals surface area (Å²) < 4.78 is 11.4. The molecule has 1 spiro atoms. The second kappa shape index (κ2) is 7.74. The van der Waals surface area contributed by atoms with Crippen LogP contribution in [0.4, 0.5) is 10.5 Å². The van der Waals surface area contributed by atoms with Crippen LogP contribution < -0.4 is 10.2 Å². The van der Waals surface area contributed by atoms with Crippen molar-refractivity contribution >= 4 is 34.7 Å². The molecule has 3 amide bonds. The maximum Gasteiger partial charge on any atom is 0.410 e. The fourth-order valence-corrected chi connectivity index (χ4v) is 4.96. The van der Waals surface area contributed by atoms with Crippen molar-refractivity contribution in [1.29, 1.82) is 0 Å². The van der Waals surface area contributed by atoms with Gasteiger partial charge in [0.1, 0.15) is 17.0 Å². The van der Waals surface area contributed by atoms with Gasteiger partial charge >= 0.3 is 6.09 Å². The zero-order valence-electron chi connectivity index (χ0n) is 19.3. The highest BCUT2D eigenvalue weighted by molar-refractivity contribution is 6.00. The highest BCUT2D eigenvalue weighted by atomic mass is 16.6. The molecule has 1 aromatic carbocycles. The summed E-state index contributed by atoms with van der Waals surface area (Å²) in [4.78, 5) is 44.5. The maximum atomic E-state index is 12.3. The first-order chi connectivity index (χ1) is 15.6. The van der Waals surface area contributed by atoms with E-state index >= 15 is 0 Å². The number of piperidine rings is 2. The van der Waals surface area contributed by atoms with E-state index in [2.05, 4.69) is 15.2 Å². The quantitative estimate of drug-likeness (QED) is 0.695. The lowest BCUT2D eigenvalue weighted by Crippen LogP contribution is -2.61. The van der Waals surface area contributed by atoms with Gasteiger partial charge in [0, 0.05) is 49.8 Å². The largest absolute Gasteiger partial charge is 0.444 e. The first-order valence-electron chi connectivity index (χ1n) is 11.6. The van der Waals surface area contributed by atoms with E-state index in [1.165, 1.54) is 0 Å². The van der Waals surface area contributed by atoms with Crippen LogP contribution in [0.5, 0.6) is 0 Å². The summed E-state index contributed by atoms with van der Waals surface area (Å²) in [6.07, 6.45) is 2.41. The number of hydrogen-bond acceptors (Lipinski definition) is 7. The van der Waals surface area contributed by atoms with Crippen LogP contribution in [0, 0.1) is 5.41 Å². The van der Waals surface area contributed by atoms with Crippen molar-refractivity contribution < 1.29 is 23.5 Å². The molecule has 0 radical (unpaired) electrons. The second-order valence-corrected chi connectivity index (χ2v) is 10.5. The molecule has 0 aliphatic carbocycles. The summed E-state index contributed by atoms with van der Waals surface area (Å²) in [5.41, 5.74) is 2.17. The van der Waals surface area contributed by atoms with Crippen molar-refractivity contribution in [3.05, 3.63) is 24.1 Å². The van der Waals surface area contributed by atoms with Gasteiger partial charge < -0.3 is 19.0 Å². The fourth-order valence-electron chi connectivity index (χ4n) is 4.96. The van der Waals surface area contributed by atoms with Crippen molar-refractivity contribution in [2.45, 2.75) is 58.0 Å². The third-order valence-electron chi connectivity index (χ3n) is 6.82. The van der Waals surface area contributed by atoms with E-state index in [-0.39, 0.29) is 23.3 Å². The number of nitrogens with zero attached hydrogens (tertiary/aromatic N) is 3. The number of amides is 3. The van der Waals surface area contributed by atoms with Crippen molar-refractivity contribution in [1.82, 2.24) is 15.2 Å². The fraction of sp³-hybridized carbons (Fsp3) is 0.583. The standard InChI is InChI=1S/C24H30N4O5/c1-23(2,3)33-22(31)27-10-8-24(9-11-27)13-28(14-24)15-4-6-17-18(12-15)32-21(25-17)16-5-7-19(29)26-20(16)30/h4,6,12,16H,5,7-11,13-14H2,1-3H3,(H,26,29,30)/t16-/m0/s1. The lowest BCUT2D eigenvalue weighted by atomic mass is 9.72. The van der Waals surface area contributed by atoms with Gasteiger partial charge in [-0.1, -0.05) is 0 Å². The molecule has 0 saturated carbocycles. The van der Waals surface area contributed by atoms with Crippen LogP contribution in [-0.4, -0.2) is 59.6 Å². The number of ether oxygens (including phenoxy) is 1. The van der Waals surface area contributed by atoms with Crippen LogP contribution in [0.3, 0.4) is 0 Å². The number of carbonyl (C=O) groups excluding carboxylic acids is 3. The Hall–Kier alpha value is -3.10. The van der Waals surface area contributed by atoms with Gasteiger partial charge in [0.05, 0.1) is 0 Å². The molecule has 9 heteroatoms. The van der Waals surface area contributed by atoms with Gasteiger partial charge in [0.25, 0.3) is 0 Å². The number of aromatic nitrogens is 1. The van der Waals surface area contributed by atoms with Crippen molar-refractivity contribution in [3.63, 3.8) is 0 Å². The lowest BCUT2D eigenvalue weighted by Gasteiger charge is -2.54. The molecule has 1 aromatic heterocycles. The maximum absolute atomic E-state index is 12.3. The van der Waals surface area contributed by atoms with Crippen LogP contribution in [0.15, 0.2) is 22.6 Å². The van der Waals surface area contributed by atoms with E-state index in [0.717, 1.165) is 44.7 Å². The Morgan fingerprint density at radius 2 is 1.94 bits per heavy atom. The van der Waals surface area contributed by atoms with Gasteiger partial charge in [-0.25, -0.2) is 9.78 Å². The number of carbonyl (C=O) groups is 3. The molecule has 9 nitrogen and oxygen atoms in total. The Morgan fingerprint density at radius 1 is 1.21 bits per heavy atom. The van der Waals surface area contributed by atoms with Crippen LogP contribution in [-0.2, 0) is 14.3 Å². The van der Waals surface area contributed by atoms with Gasteiger partial charge in [0.15, 0.2) is 5.58 Å². The first-order valence-corrected chi connectivity index (χ1v) is 11.6. The number of hydrogen-bond donors (Lipinski definition) is 1. The van der Waals surface area contributed by atoms with Gasteiger partial charge in [-0.05, 0) is 52.2 Å². The minimum atomic E-state index is -0.527. The normalized spacial score (nSPS) is 22.9. The number of likely N-dealkylation sites (tertiary alicyclic amines) is 1. The van der Waals surface area contributed by atoms with Crippen LogP contribution in [0.25, 0.3) is 11.1 Å². The number of anilines is 1. The Labute approximate surface area is 192 Å². The molecular weight excluding hydrogens is 424 g/mol. The zero-order valence-corrected chi connectivity index (χ0v) is 19.3. The van der Waals surface area contributed by atoms with E-state index in [0.29, 0.717) is 29.8 Å². The van der Waals surface area contributed by atoms with Gasteiger partial charge in [-0.3, -0.25) is 14.9 Å². The number of benzene rings is 1. The molecule has 1 N–H and O–H groups in total. The summed E-state index contributed by atoms with van der Waals surface area (Å²) in [6.45, 7) is 8.99. The minimum Gasteiger partial charge on any atom is -0.444 e. The zero-order chi connectivity index (χ0) is 23.4. The first kappa shape index (κ1) is 21.7. The molecule has 33 heavy (non-hydrogen) atoms. The molecule has 176 valence electrons. The number of imide groups is 1. The smallest absolute Gasteiger partial charge is 0.410 e. The van der Waals surface area contributed by atoms with Gasteiger partial charge in [-0.15, -0.1) is 0 Å². The van der Waals surface area contributed by atoms with E-state index in [4.69, 9.17) is 9.15 Å². The Bertz CT molecular complexity index is 1100. The predicted octanol–water partition coefficient (Wildman–Crippen LogP) is 3.19. The molecule has 1 atom stereocenters. The molecule has 3 aliphatic heterocycles. The second-order valence-electron chi connectivity index (χ2n) is 10.5. The van der Waals surface area contributed by atoms with Crippen LogP contribution in [0.1, 0.15) is 58.3 Å². The number of rotatable bonds is 2. The highest BCUT2D eigenvalue weighted by Gasteiger charge is 2.46. The van der Waals surface area contributed by atoms with E-state index in [1.54, 1.807) is 0 Å². The Balaban J connectivity index is 1.21. The molecule has 3 saturated heterocycles. The van der Waals surface area contributed by atoms with Crippen molar-refractivity contribution in [2.75, 3.05) is 31.1 Å². The lowest BCUT2D eigenvalue weighted by molar-refractivity contribution is -0.134. The summed E-state index contributed by atoms with van der Waals surface area (Å²) in [7, 11) is 0. The van der Waals surface area contributed by atoms with E-state index in [9.17, 15) is 14.4 Å². The van der Waals surface area contributed by atoms with Gasteiger partial charge in [-0.2, -0.15) is 0 Å². The molecule has 0 unspecified atom stereocenters. The summed E-state index contributed by atoms with van der Waals surface area (Å²) in [6, 6.07) is 5.92. The number of fused-ring (bicyclic) bond motifs is 1. The monoisotopic (exact) mass is 454 g/mol. The predicted molar refractivity (Wildman–Crippen MR) is 121 cm³/mol. The van der Waals surface area contributed by atoms with Crippen LogP contribution in [0.2, 0.25) is 0 Å². The molecule has 4 heterocycles. The molecular formula is C24H30N4O5. The van der Waals surface area contributed by atoms with Crippen LogP contribution >= 0.6 is 0 Å². The molecule has 3 fully saturated rings. The van der Waals surface area contributed by atoms with Crippen molar-refractivity contribution in [3.8, 4) is 0 Å². The Kier molecular flexibility index (Phi) is 5.10. The van der Waals surface area contributed by atoms with Crippen molar-refractivity contribution in [2.24, 2.45) is 5.41 Å². The topological polar surface area (TPSA) is 105 Å². The summed E-state index contributed by atoms with van der Waals surface area (Å²) in [5, 5.41) is 2.36. The Morgan fingerprint density at radius 3 is 2.61 bits per heavy atom. The number of oxazole rings is 1. The third kappa shape index (κ3) is 4.28.